The summed E-state index contributed by atoms with van der Waals surface area (Å²) >= 11 is 0. The second-order valence-electron chi connectivity index (χ2n) is 6.12. The molecule has 0 bridgehead atoms. The van der Waals surface area contributed by atoms with Gasteiger partial charge in [0.1, 0.15) is 0 Å². The van der Waals surface area contributed by atoms with E-state index in [1.54, 1.807) is 29.2 Å². The van der Waals surface area contributed by atoms with Crippen LogP contribution in [0.3, 0.4) is 0 Å². The fourth-order valence-corrected chi connectivity index (χ4v) is 3.32. The molecule has 0 aromatic heterocycles. The fourth-order valence-electron chi connectivity index (χ4n) is 2.77. The summed E-state index contributed by atoms with van der Waals surface area (Å²) in [6, 6.07) is 6.81. The maximum atomic E-state index is 12.3. The number of carbonyl (C=O) groups excluding carboxylic acids is 2. The Labute approximate surface area is 135 Å². The third-order valence-electron chi connectivity index (χ3n) is 3.95. The lowest BCUT2D eigenvalue weighted by atomic mass is 10.1. The Bertz CT molecular complexity index is 743. The van der Waals surface area contributed by atoms with Gasteiger partial charge >= 0.3 is 0 Å². The van der Waals surface area contributed by atoms with Gasteiger partial charge in [-0.25, -0.2) is 8.42 Å². The second-order valence-corrected chi connectivity index (χ2v) is 7.87. The molecule has 2 aliphatic rings. The highest BCUT2D eigenvalue weighted by molar-refractivity contribution is 7.92. The first-order valence-electron chi connectivity index (χ1n) is 7.50. The molecule has 3 rings (SSSR count). The Morgan fingerprint density at radius 3 is 2.61 bits per heavy atom. The lowest BCUT2D eigenvalue weighted by Gasteiger charge is -2.15. The van der Waals surface area contributed by atoms with Gasteiger partial charge in [0.25, 0.3) is 0 Å². The molecule has 1 heterocycles. The zero-order valence-corrected chi connectivity index (χ0v) is 13.6. The first-order chi connectivity index (χ1) is 10.8. The van der Waals surface area contributed by atoms with Gasteiger partial charge < -0.3 is 10.2 Å². The van der Waals surface area contributed by atoms with Crippen LogP contribution in [0.4, 0.5) is 11.4 Å². The van der Waals surface area contributed by atoms with Crippen LogP contribution in [0.15, 0.2) is 24.3 Å². The van der Waals surface area contributed by atoms with Crippen molar-refractivity contribution in [3.63, 3.8) is 0 Å². The van der Waals surface area contributed by atoms with E-state index in [1.165, 1.54) is 0 Å². The molecule has 1 atom stereocenters. The van der Waals surface area contributed by atoms with Crippen LogP contribution in [0.1, 0.15) is 19.3 Å². The van der Waals surface area contributed by atoms with Crippen LogP contribution in [-0.2, 0) is 19.6 Å². The molecular weight excluding hydrogens is 318 g/mol. The number of likely N-dealkylation sites (tertiary alicyclic amines) is 1. The summed E-state index contributed by atoms with van der Waals surface area (Å²) in [5.41, 5.74) is 0.883. The van der Waals surface area contributed by atoms with E-state index in [0.29, 0.717) is 24.0 Å². The maximum absolute atomic E-state index is 12.3. The topological polar surface area (TPSA) is 95.6 Å². The van der Waals surface area contributed by atoms with E-state index in [0.717, 1.165) is 19.1 Å². The molecule has 8 heteroatoms. The summed E-state index contributed by atoms with van der Waals surface area (Å²) in [6.07, 6.45) is 3.36. The van der Waals surface area contributed by atoms with Crippen molar-refractivity contribution in [3.05, 3.63) is 24.3 Å². The van der Waals surface area contributed by atoms with Crippen LogP contribution in [0.5, 0.6) is 0 Å². The molecule has 2 amide bonds. The van der Waals surface area contributed by atoms with E-state index in [9.17, 15) is 18.0 Å². The highest BCUT2D eigenvalue weighted by atomic mass is 32.2. The first-order valence-corrected chi connectivity index (χ1v) is 9.39. The number of benzene rings is 1. The zero-order chi connectivity index (χ0) is 16.6. The number of anilines is 2. The lowest BCUT2D eigenvalue weighted by Crippen LogP contribution is -2.29. The third-order valence-corrected chi connectivity index (χ3v) is 4.56. The van der Waals surface area contributed by atoms with Crippen molar-refractivity contribution in [2.24, 2.45) is 5.92 Å². The Kier molecular flexibility index (Phi) is 4.01. The maximum Gasteiger partial charge on any atom is 0.229 e. The highest BCUT2D eigenvalue weighted by Gasteiger charge is 2.41. The molecule has 1 aromatic rings. The molecule has 7 nitrogen and oxygen atoms in total. The van der Waals surface area contributed by atoms with Crippen molar-refractivity contribution in [1.29, 1.82) is 0 Å². The van der Waals surface area contributed by atoms with Crippen molar-refractivity contribution < 1.29 is 18.0 Å². The Morgan fingerprint density at radius 2 is 1.96 bits per heavy atom. The number of rotatable bonds is 5. The van der Waals surface area contributed by atoms with Crippen molar-refractivity contribution in [2.75, 3.05) is 22.8 Å². The molecule has 1 aromatic carbocycles. The quantitative estimate of drug-likeness (QED) is 0.838. The van der Waals surface area contributed by atoms with E-state index in [-0.39, 0.29) is 24.2 Å². The van der Waals surface area contributed by atoms with Gasteiger partial charge in [-0.15, -0.1) is 0 Å². The second kappa shape index (κ2) is 5.84. The highest BCUT2D eigenvalue weighted by Crippen LogP contribution is 2.33. The number of nitrogens with one attached hydrogen (secondary N) is 2. The normalized spacial score (nSPS) is 21.3. The molecule has 1 aliphatic heterocycles. The van der Waals surface area contributed by atoms with Crippen LogP contribution in [-0.4, -0.2) is 44.0 Å². The number of carbonyl (C=O) groups is 2. The molecule has 1 aliphatic carbocycles. The van der Waals surface area contributed by atoms with E-state index < -0.39 is 10.0 Å². The Morgan fingerprint density at radius 1 is 1.26 bits per heavy atom. The fraction of sp³-hybridized carbons (Fsp3) is 0.467. The van der Waals surface area contributed by atoms with Crippen molar-refractivity contribution in [1.82, 2.24) is 4.90 Å². The van der Waals surface area contributed by atoms with E-state index >= 15 is 0 Å². The number of amides is 2. The van der Waals surface area contributed by atoms with Crippen molar-refractivity contribution in [3.8, 4) is 0 Å². The minimum absolute atomic E-state index is 0.0418. The summed E-state index contributed by atoms with van der Waals surface area (Å²) in [4.78, 5) is 26.0. The van der Waals surface area contributed by atoms with Gasteiger partial charge in [0.05, 0.1) is 17.9 Å². The largest absolute Gasteiger partial charge is 0.339 e. The SMILES string of the molecule is CS(=O)(=O)Nc1cccc(NC(=O)[C@@H]2CC(=O)N(C3CC3)C2)c1. The summed E-state index contributed by atoms with van der Waals surface area (Å²) < 4.78 is 24.8. The van der Waals surface area contributed by atoms with Crippen molar-refractivity contribution in [2.45, 2.75) is 25.3 Å². The molecule has 0 unspecified atom stereocenters. The minimum atomic E-state index is -3.37. The monoisotopic (exact) mass is 337 g/mol. The molecule has 2 fully saturated rings. The van der Waals surface area contributed by atoms with E-state index in [2.05, 4.69) is 10.0 Å². The van der Waals surface area contributed by atoms with E-state index in [1.807, 2.05) is 0 Å². The van der Waals surface area contributed by atoms with Gasteiger partial charge in [0.2, 0.25) is 21.8 Å². The number of hydrogen-bond donors (Lipinski definition) is 2. The number of nitrogens with zero attached hydrogens (tertiary/aromatic N) is 1. The minimum Gasteiger partial charge on any atom is -0.339 e. The summed E-state index contributed by atoms with van der Waals surface area (Å²) in [5.74, 6) is -0.521. The molecule has 1 saturated heterocycles. The van der Waals surface area contributed by atoms with Gasteiger partial charge in [-0.2, -0.15) is 0 Å². The van der Waals surface area contributed by atoms with Crippen LogP contribution in [0.2, 0.25) is 0 Å². The lowest BCUT2D eigenvalue weighted by molar-refractivity contribution is -0.128. The van der Waals surface area contributed by atoms with Crippen LogP contribution in [0.25, 0.3) is 0 Å². The molecule has 0 radical (unpaired) electrons. The average molecular weight is 337 g/mol. The molecular formula is C15H19N3O4S. The van der Waals surface area contributed by atoms with Crippen LogP contribution >= 0.6 is 0 Å². The first kappa shape index (κ1) is 15.8. The summed E-state index contributed by atoms with van der Waals surface area (Å²) in [6.45, 7) is 0.469. The third kappa shape index (κ3) is 4.01. The number of hydrogen-bond acceptors (Lipinski definition) is 4. The van der Waals surface area contributed by atoms with Gasteiger partial charge in [0, 0.05) is 24.7 Å². The molecule has 0 spiro atoms. The van der Waals surface area contributed by atoms with Crippen molar-refractivity contribution >= 4 is 33.2 Å². The molecule has 124 valence electrons. The zero-order valence-electron chi connectivity index (χ0n) is 12.8. The van der Waals surface area contributed by atoms with Gasteiger partial charge in [-0.3, -0.25) is 14.3 Å². The number of sulfonamides is 1. The van der Waals surface area contributed by atoms with Crippen LogP contribution < -0.4 is 10.0 Å². The standard InChI is InChI=1S/C15H19N3O4S/c1-23(21,22)17-12-4-2-3-11(8-12)16-15(20)10-7-14(19)18(9-10)13-5-6-13/h2-4,8,10,13,17H,5-7,9H2,1H3,(H,16,20)/t10-/m1/s1. The molecule has 2 N–H and O–H groups in total. The van der Waals surface area contributed by atoms with E-state index in [4.69, 9.17) is 0 Å². The Balaban J connectivity index is 1.64. The smallest absolute Gasteiger partial charge is 0.229 e. The molecule has 23 heavy (non-hydrogen) atoms. The van der Waals surface area contributed by atoms with Gasteiger partial charge in [0.15, 0.2) is 0 Å². The summed E-state index contributed by atoms with van der Waals surface area (Å²) in [7, 11) is -3.37. The van der Waals surface area contributed by atoms with Crippen LogP contribution in [0, 0.1) is 5.92 Å². The summed E-state index contributed by atoms with van der Waals surface area (Å²) in [5, 5.41) is 2.76. The average Bonchev–Trinajstić information content (AvgIpc) is 3.20. The van der Waals surface area contributed by atoms with Gasteiger partial charge in [-0.1, -0.05) is 6.07 Å². The molecule has 1 saturated carbocycles. The Hall–Kier alpha value is -2.09. The predicted octanol–water partition coefficient (Wildman–Crippen LogP) is 1.01. The predicted molar refractivity (Wildman–Crippen MR) is 86.4 cm³/mol. The van der Waals surface area contributed by atoms with Gasteiger partial charge in [-0.05, 0) is 31.0 Å².